The van der Waals surface area contributed by atoms with Crippen molar-refractivity contribution in [1.82, 2.24) is 16.3 Å². The Kier molecular flexibility index (Phi) is 11.6. The fraction of sp³-hybridized carbons (Fsp3) is 0.615. The summed E-state index contributed by atoms with van der Waals surface area (Å²) in [7, 11) is 0. The van der Waals surface area contributed by atoms with Crippen LogP contribution in [0.4, 0.5) is 0 Å². The van der Waals surface area contributed by atoms with Gasteiger partial charge in [0.1, 0.15) is 0 Å². The Morgan fingerprint density at radius 3 is 2.64 bits per heavy atom. The quantitative estimate of drug-likeness (QED) is 0.381. The van der Waals surface area contributed by atoms with Crippen LogP contribution in [0.2, 0.25) is 0 Å². The van der Waals surface area contributed by atoms with Crippen LogP contribution in [0.25, 0.3) is 6.08 Å². The van der Waals surface area contributed by atoms with E-state index >= 15 is 0 Å². The van der Waals surface area contributed by atoms with Crippen LogP contribution < -0.4 is 16.3 Å². The van der Waals surface area contributed by atoms with Gasteiger partial charge in [0.15, 0.2) is 6.29 Å². The first kappa shape index (κ1) is 27.0. The molecule has 33 heavy (non-hydrogen) atoms. The zero-order chi connectivity index (χ0) is 24.1. The monoisotopic (exact) mass is 459 g/mol. The predicted octanol–water partition coefficient (Wildman–Crippen LogP) is 4.36. The molecule has 2 rings (SSSR count). The van der Waals surface area contributed by atoms with Crippen molar-refractivity contribution >= 4 is 17.9 Å². The van der Waals surface area contributed by atoms with Crippen molar-refractivity contribution in [3.63, 3.8) is 0 Å². The zero-order valence-corrected chi connectivity index (χ0v) is 20.6. The number of rotatable bonds is 13. The van der Waals surface area contributed by atoms with E-state index < -0.39 is 17.6 Å². The fourth-order valence-electron chi connectivity index (χ4n) is 4.00. The normalized spacial score (nSPS) is 19.2. The molecular formula is C26H41N3O4. The lowest BCUT2D eigenvalue weighted by atomic mass is 9.71. The summed E-state index contributed by atoms with van der Waals surface area (Å²) in [5.74, 6) is -0.717. The third-order valence-electron chi connectivity index (χ3n) is 6.00. The van der Waals surface area contributed by atoms with Crippen LogP contribution in [-0.4, -0.2) is 31.3 Å². The second kappa shape index (κ2) is 14.1. The summed E-state index contributed by atoms with van der Waals surface area (Å²) >= 11 is 0. The molecule has 1 heterocycles. The van der Waals surface area contributed by atoms with Crippen LogP contribution in [0.1, 0.15) is 71.8 Å². The molecule has 0 saturated carbocycles. The van der Waals surface area contributed by atoms with Gasteiger partial charge in [0.2, 0.25) is 11.8 Å². The molecular weight excluding hydrogens is 418 g/mol. The number of carbonyl (C=O) groups is 2. The summed E-state index contributed by atoms with van der Waals surface area (Å²) < 4.78 is 5.56. The average Bonchev–Trinajstić information content (AvgIpc) is 2.81. The molecule has 1 aliphatic heterocycles. The number of allylic oxidation sites excluding steroid dienone is 1. The van der Waals surface area contributed by atoms with E-state index in [-0.39, 0.29) is 11.8 Å². The minimum absolute atomic E-state index is 0.188. The van der Waals surface area contributed by atoms with Gasteiger partial charge in [-0.3, -0.25) is 15.0 Å². The average molecular weight is 460 g/mol. The van der Waals surface area contributed by atoms with Crippen LogP contribution in [-0.2, 0) is 19.2 Å². The lowest BCUT2D eigenvalue weighted by molar-refractivity contribution is -0.203. The van der Waals surface area contributed by atoms with Crippen molar-refractivity contribution in [2.75, 3.05) is 13.2 Å². The summed E-state index contributed by atoms with van der Waals surface area (Å²) in [5.41, 5.74) is 8.56. The first-order valence-electron chi connectivity index (χ1n) is 12.2. The molecule has 1 saturated heterocycles. The summed E-state index contributed by atoms with van der Waals surface area (Å²) in [4.78, 5) is 32.2. The third-order valence-corrected chi connectivity index (χ3v) is 6.00. The van der Waals surface area contributed by atoms with Gasteiger partial charge in [0, 0.05) is 19.6 Å². The van der Waals surface area contributed by atoms with Crippen molar-refractivity contribution in [3.8, 4) is 0 Å². The predicted molar refractivity (Wildman–Crippen MR) is 130 cm³/mol. The number of carbonyl (C=O) groups excluding carboxylic acids is 2. The maximum atomic E-state index is 13.3. The van der Waals surface area contributed by atoms with Crippen molar-refractivity contribution in [3.05, 3.63) is 42.0 Å². The summed E-state index contributed by atoms with van der Waals surface area (Å²) in [5, 5.41) is 0. The van der Waals surface area contributed by atoms with E-state index in [1.54, 1.807) is 0 Å². The first-order valence-corrected chi connectivity index (χ1v) is 12.2. The second-order valence-corrected chi connectivity index (χ2v) is 9.38. The largest absolute Gasteiger partial charge is 0.350 e. The molecule has 3 N–H and O–H groups in total. The lowest BCUT2D eigenvalue weighted by Gasteiger charge is -2.35. The molecule has 0 radical (unpaired) electrons. The number of benzene rings is 1. The number of hydrogen-bond donors (Lipinski definition) is 3. The van der Waals surface area contributed by atoms with Crippen LogP contribution >= 0.6 is 0 Å². The minimum Gasteiger partial charge on any atom is -0.350 e. The van der Waals surface area contributed by atoms with E-state index in [4.69, 9.17) is 9.57 Å². The number of hydrazine groups is 1. The molecule has 1 aromatic carbocycles. The van der Waals surface area contributed by atoms with Crippen molar-refractivity contribution in [1.29, 1.82) is 0 Å². The molecule has 7 heteroatoms. The molecule has 7 nitrogen and oxygen atoms in total. The Balaban J connectivity index is 2.17. The number of nitrogens with one attached hydrogen (secondary N) is 3. The van der Waals surface area contributed by atoms with Crippen LogP contribution in [0.5, 0.6) is 0 Å². The van der Waals surface area contributed by atoms with Gasteiger partial charge >= 0.3 is 0 Å². The highest BCUT2D eigenvalue weighted by Gasteiger charge is 2.44. The van der Waals surface area contributed by atoms with Gasteiger partial charge in [-0.05, 0) is 44.1 Å². The second-order valence-electron chi connectivity index (χ2n) is 9.38. The third kappa shape index (κ3) is 8.91. The molecule has 184 valence electrons. The molecule has 1 unspecified atom stereocenters. The van der Waals surface area contributed by atoms with E-state index in [1.807, 2.05) is 56.3 Å². The Morgan fingerprint density at radius 2 is 2.00 bits per heavy atom. The van der Waals surface area contributed by atoms with Gasteiger partial charge in [-0.2, -0.15) is 0 Å². The Labute approximate surface area is 198 Å². The van der Waals surface area contributed by atoms with E-state index in [1.165, 1.54) is 0 Å². The Hall–Kier alpha value is -2.22. The van der Waals surface area contributed by atoms with Crippen molar-refractivity contribution < 1.29 is 19.2 Å². The SMILES string of the molecule is CCC[C@@](C)(C(=O)NNCC(C)C)[C@H](C/C=C/c1ccccc1)C(=O)NOC1CCCCO1. The van der Waals surface area contributed by atoms with Crippen molar-refractivity contribution in [2.45, 2.75) is 72.5 Å². The molecule has 3 atom stereocenters. The Morgan fingerprint density at radius 1 is 1.24 bits per heavy atom. The van der Waals surface area contributed by atoms with Gasteiger partial charge in [0.05, 0.1) is 11.3 Å². The van der Waals surface area contributed by atoms with Crippen LogP contribution in [0, 0.1) is 17.3 Å². The molecule has 2 amide bonds. The molecule has 0 aromatic heterocycles. The molecule has 1 aliphatic rings. The van der Waals surface area contributed by atoms with Gasteiger partial charge in [-0.1, -0.05) is 69.7 Å². The molecule has 0 bridgehead atoms. The van der Waals surface area contributed by atoms with Gasteiger partial charge in [-0.15, -0.1) is 0 Å². The van der Waals surface area contributed by atoms with E-state index in [0.717, 1.165) is 31.2 Å². The summed E-state index contributed by atoms with van der Waals surface area (Å²) in [6.07, 6.45) is 7.98. The fourth-order valence-corrected chi connectivity index (χ4v) is 4.00. The molecule has 0 aliphatic carbocycles. The number of hydrogen-bond acceptors (Lipinski definition) is 5. The molecule has 1 fully saturated rings. The Bertz CT molecular complexity index is 747. The van der Waals surface area contributed by atoms with E-state index in [0.29, 0.717) is 31.9 Å². The summed E-state index contributed by atoms with van der Waals surface area (Å²) in [6.45, 7) is 9.30. The number of ether oxygens (including phenoxy) is 1. The van der Waals surface area contributed by atoms with Crippen LogP contribution in [0.15, 0.2) is 36.4 Å². The molecule has 1 aromatic rings. The van der Waals surface area contributed by atoms with Gasteiger partial charge in [-0.25, -0.2) is 15.7 Å². The summed E-state index contributed by atoms with van der Waals surface area (Å²) in [6, 6.07) is 9.91. The maximum Gasteiger partial charge on any atom is 0.248 e. The minimum atomic E-state index is -0.916. The lowest BCUT2D eigenvalue weighted by Crippen LogP contribution is -2.53. The standard InChI is InChI=1S/C26H41N3O4/c1-5-17-26(4,25(31)28-27-19-20(2)3)22(15-11-14-21-12-7-6-8-13-21)24(30)29-33-23-16-9-10-18-32-23/h6-8,11-14,20,22-23,27H,5,9-10,15-19H2,1-4H3,(H,28,31)(H,29,30)/b14-11+/t22-,23?,26-/m1/s1. The maximum absolute atomic E-state index is 13.3. The van der Waals surface area contributed by atoms with Gasteiger partial charge < -0.3 is 4.74 Å². The van der Waals surface area contributed by atoms with E-state index in [2.05, 4.69) is 30.2 Å². The van der Waals surface area contributed by atoms with Gasteiger partial charge in [0.25, 0.3) is 0 Å². The van der Waals surface area contributed by atoms with Crippen molar-refractivity contribution in [2.24, 2.45) is 17.3 Å². The topological polar surface area (TPSA) is 88.7 Å². The smallest absolute Gasteiger partial charge is 0.248 e. The highest BCUT2D eigenvalue weighted by molar-refractivity contribution is 5.90. The highest BCUT2D eigenvalue weighted by Crippen LogP contribution is 2.36. The number of amides is 2. The van der Waals surface area contributed by atoms with Crippen LogP contribution in [0.3, 0.4) is 0 Å². The first-order chi connectivity index (χ1) is 15.9. The number of hydroxylamine groups is 1. The highest BCUT2D eigenvalue weighted by atomic mass is 16.8. The molecule has 0 spiro atoms. The van der Waals surface area contributed by atoms with E-state index in [9.17, 15) is 9.59 Å². The zero-order valence-electron chi connectivity index (χ0n) is 20.6.